The number of aliphatic hydroxyl groups excluding tert-OH is 1. The van der Waals surface area contributed by atoms with E-state index >= 15 is 0 Å². The van der Waals surface area contributed by atoms with E-state index in [1.54, 1.807) is 0 Å². The first kappa shape index (κ1) is 17.6. The number of anilines is 1. The molecule has 1 atom stereocenters. The van der Waals surface area contributed by atoms with Crippen LogP contribution in [0.15, 0.2) is 18.2 Å². The van der Waals surface area contributed by atoms with Crippen LogP contribution in [0.25, 0.3) is 0 Å². The maximum absolute atomic E-state index is 13.7. The van der Waals surface area contributed by atoms with Crippen molar-refractivity contribution >= 4 is 23.2 Å². The molecule has 0 saturated carbocycles. The minimum absolute atomic E-state index is 0.129. The Morgan fingerprint density at radius 3 is 2.88 bits per heavy atom. The molecule has 24 heavy (non-hydrogen) atoms. The van der Waals surface area contributed by atoms with Gasteiger partial charge in [-0.1, -0.05) is 11.6 Å². The number of hydrogen-bond donors (Lipinski definition) is 2. The second-order valence-electron chi connectivity index (χ2n) is 6.52. The Hall–Kier alpha value is -1.21. The van der Waals surface area contributed by atoms with E-state index < -0.39 is 17.5 Å². The van der Waals surface area contributed by atoms with Gasteiger partial charge in [-0.25, -0.2) is 4.39 Å². The Kier molecular flexibility index (Phi) is 5.39. The van der Waals surface area contributed by atoms with Gasteiger partial charge in [0.15, 0.2) is 0 Å². The molecule has 7 heteroatoms. The van der Waals surface area contributed by atoms with Crippen LogP contribution in [0.4, 0.5) is 10.1 Å². The summed E-state index contributed by atoms with van der Waals surface area (Å²) in [6.07, 6.45) is 2.65. The molecule has 132 valence electrons. The summed E-state index contributed by atoms with van der Waals surface area (Å²) < 4.78 is 19.6. The second kappa shape index (κ2) is 7.35. The van der Waals surface area contributed by atoms with Gasteiger partial charge in [-0.15, -0.1) is 0 Å². The van der Waals surface area contributed by atoms with Crippen molar-refractivity contribution in [3.63, 3.8) is 0 Å². The van der Waals surface area contributed by atoms with E-state index in [0.29, 0.717) is 32.5 Å². The number of benzene rings is 1. The van der Waals surface area contributed by atoms with Crippen LogP contribution in [0.3, 0.4) is 0 Å². The van der Waals surface area contributed by atoms with Gasteiger partial charge in [0, 0.05) is 24.7 Å². The average molecular weight is 357 g/mol. The van der Waals surface area contributed by atoms with Crippen molar-refractivity contribution in [3.05, 3.63) is 29.0 Å². The summed E-state index contributed by atoms with van der Waals surface area (Å²) in [6.45, 7) is 2.22. The third-order valence-electron chi connectivity index (χ3n) is 4.89. The number of rotatable bonds is 3. The molecule has 2 N–H and O–H groups in total. The fourth-order valence-corrected chi connectivity index (χ4v) is 3.62. The lowest BCUT2D eigenvalue weighted by Gasteiger charge is -2.46. The molecule has 2 aliphatic rings. The molecule has 3 rings (SSSR count). The Morgan fingerprint density at radius 1 is 1.46 bits per heavy atom. The predicted molar refractivity (Wildman–Crippen MR) is 89.6 cm³/mol. The SMILES string of the molecule is O=C(CN1CCC2(CC1)OCCC[C@H]2O)Nc1ccc(Cl)cc1F. The predicted octanol–water partition coefficient (Wildman–Crippen LogP) is 2.42. The number of halogens is 2. The Labute approximate surface area is 145 Å². The summed E-state index contributed by atoms with van der Waals surface area (Å²) >= 11 is 5.70. The van der Waals surface area contributed by atoms with E-state index in [2.05, 4.69) is 5.32 Å². The van der Waals surface area contributed by atoms with E-state index in [-0.39, 0.29) is 23.2 Å². The van der Waals surface area contributed by atoms with Crippen LogP contribution in [0.5, 0.6) is 0 Å². The first-order valence-corrected chi connectivity index (χ1v) is 8.66. The van der Waals surface area contributed by atoms with Gasteiger partial charge < -0.3 is 15.2 Å². The van der Waals surface area contributed by atoms with Crippen LogP contribution in [-0.2, 0) is 9.53 Å². The first-order chi connectivity index (χ1) is 11.5. The molecule has 1 amide bonds. The van der Waals surface area contributed by atoms with Crippen LogP contribution in [-0.4, -0.2) is 53.9 Å². The number of ether oxygens (including phenoxy) is 1. The van der Waals surface area contributed by atoms with Gasteiger partial charge in [-0.2, -0.15) is 0 Å². The zero-order valence-corrected chi connectivity index (χ0v) is 14.2. The zero-order valence-electron chi connectivity index (χ0n) is 13.4. The first-order valence-electron chi connectivity index (χ1n) is 8.28. The van der Waals surface area contributed by atoms with Crippen molar-refractivity contribution in [2.24, 2.45) is 0 Å². The number of piperidine rings is 1. The third-order valence-corrected chi connectivity index (χ3v) is 5.13. The van der Waals surface area contributed by atoms with Gasteiger partial charge in [0.05, 0.1) is 23.9 Å². The molecule has 2 aliphatic heterocycles. The number of amides is 1. The Morgan fingerprint density at radius 2 is 2.21 bits per heavy atom. The highest BCUT2D eigenvalue weighted by atomic mass is 35.5. The number of carbonyl (C=O) groups excluding carboxylic acids is 1. The largest absolute Gasteiger partial charge is 0.390 e. The van der Waals surface area contributed by atoms with E-state index in [1.807, 2.05) is 4.90 Å². The zero-order chi connectivity index (χ0) is 17.2. The third kappa shape index (κ3) is 3.88. The molecule has 1 aromatic carbocycles. The van der Waals surface area contributed by atoms with E-state index in [1.165, 1.54) is 18.2 Å². The fraction of sp³-hybridized carbons (Fsp3) is 0.588. The highest BCUT2D eigenvalue weighted by Gasteiger charge is 2.43. The Bertz CT molecular complexity index is 605. The summed E-state index contributed by atoms with van der Waals surface area (Å²) in [5.74, 6) is -0.815. The second-order valence-corrected chi connectivity index (χ2v) is 6.96. The monoisotopic (exact) mass is 356 g/mol. The van der Waals surface area contributed by atoms with Crippen molar-refractivity contribution in [1.82, 2.24) is 4.90 Å². The molecular weight excluding hydrogens is 335 g/mol. The number of nitrogens with one attached hydrogen (secondary N) is 1. The topological polar surface area (TPSA) is 61.8 Å². The van der Waals surface area contributed by atoms with Crippen LogP contribution in [0.1, 0.15) is 25.7 Å². The lowest BCUT2D eigenvalue weighted by atomic mass is 9.82. The van der Waals surface area contributed by atoms with E-state index in [9.17, 15) is 14.3 Å². The van der Waals surface area contributed by atoms with Gasteiger partial charge >= 0.3 is 0 Å². The smallest absolute Gasteiger partial charge is 0.238 e. The summed E-state index contributed by atoms with van der Waals surface area (Å²) in [5.41, 5.74) is -0.322. The summed E-state index contributed by atoms with van der Waals surface area (Å²) in [7, 11) is 0. The van der Waals surface area contributed by atoms with Crippen molar-refractivity contribution in [3.8, 4) is 0 Å². The van der Waals surface area contributed by atoms with Crippen LogP contribution in [0.2, 0.25) is 5.02 Å². The summed E-state index contributed by atoms with van der Waals surface area (Å²) in [5, 5.41) is 13.1. The van der Waals surface area contributed by atoms with Crippen molar-refractivity contribution in [2.75, 3.05) is 31.6 Å². The highest BCUT2D eigenvalue weighted by molar-refractivity contribution is 6.30. The molecule has 2 saturated heterocycles. The van der Waals surface area contributed by atoms with Crippen LogP contribution < -0.4 is 5.32 Å². The molecular formula is C17H22ClFN2O3. The minimum Gasteiger partial charge on any atom is -0.390 e. The molecule has 1 aromatic rings. The van der Waals surface area contributed by atoms with Gasteiger partial charge in [0.25, 0.3) is 0 Å². The average Bonchev–Trinajstić information content (AvgIpc) is 2.55. The number of hydrogen-bond acceptors (Lipinski definition) is 4. The van der Waals surface area contributed by atoms with Gasteiger partial charge in [-0.05, 0) is 43.9 Å². The van der Waals surface area contributed by atoms with E-state index in [4.69, 9.17) is 16.3 Å². The van der Waals surface area contributed by atoms with Crippen molar-refractivity contribution in [2.45, 2.75) is 37.4 Å². The molecule has 0 radical (unpaired) electrons. The van der Waals surface area contributed by atoms with Crippen LogP contribution in [0, 0.1) is 5.82 Å². The molecule has 1 spiro atoms. The normalized spacial score (nSPS) is 24.0. The molecule has 2 heterocycles. The quantitative estimate of drug-likeness (QED) is 0.873. The van der Waals surface area contributed by atoms with Crippen molar-refractivity contribution in [1.29, 1.82) is 0 Å². The Balaban J connectivity index is 1.51. The fourth-order valence-electron chi connectivity index (χ4n) is 3.46. The summed E-state index contributed by atoms with van der Waals surface area (Å²) in [4.78, 5) is 14.1. The summed E-state index contributed by atoms with van der Waals surface area (Å²) in [6, 6.07) is 4.16. The standard InChI is InChI=1S/C17H22ClFN2O3/c18-12-3-4-14(13(19)10-12)20-16(23)11-21-7-5-17(6-8-21)15(22)2-1-9-24-17/h3-4,10,15,22H,1-2,5-9,11H2,(H,20,23)/t15-/m1/s1. The number of carbonyl (C=O) groups is 1. The van der Waals surface area contributed by atoms with Gasteiger partial charge in [-0.3, -0.25) is 9.69 Å². The molecule has 0 aromatic heterocycles. The molecule has 5 nitrogen and oxygen atoms in total. The highest BCUT2D eigenvalue weighted by Crippen LogP contribution is 2.35. The van der Waals surface area contributed by atoms with Crippen molar-refractivity contribution < 1.29 is 19.0 Å². The lowest BCUT2D eigenvalue weighted by molar-refractivity contribution is -0.177. The van der Waals surface area contributed by atoms with Crippen LogP contribution >= 0.6 is 11.6 Å². The molecule has 2 fully saturated rings. The maximum Gasteiger partial charge on any atom is 0.238 e. The minimum atomic E-state index is -0.549. The lowest BCUT2D eigenvalue weighted by Crippen LogP contribution is -2.55. The van der Waals surface area contributed by atoms with Gasteiger partial charge in [0.2, 0.25) is 5.91 Å². The molecule has 0 bridgehead atoms. The molecule has 0 aliphatic carbocycles. The van der Waals surface area contributed by atoms with E-state index in [0.717, 1.165) is 12.8 Å². The number of aliphatic hydroxyl groups is 1. The van der Waals surface area contributed by atoms with Gasteiger partial charge in [0.1, 0.15) is 5.82 Å². The molecule has 0 unspecified atom stereocenters. The number of likely N-dealkylation sites (tertiary alicyclic amines) is 1. The number of nitrogens with zero attached hydrogens (tertiary/aromatic N) is 1. The maximum atomic E-state index is 13.7.